The van der Waals surface area contributed by atoms with Crippen LogP contribution in [0.15, 0.2) is 6.07 Å². The molecule has 1 aromatic carbocycles. The lowest BCUT2D eigenvalue weighted by atomic mass is 9.99. The van der Waals surface area contributed by atoms with Gasteiger partial charge in [0, 0.05) is 10.9 Å². The van der Waals surface area contributed by atoms with Crippen molar-refractivity contribution in [2.75, 3.05) is 5.32 Å². The van der Waals surface area contributed by atoms with Gasteiger partial charge in [0.05, 0.1) is 0 Å². The summed E-state index contributed by atoms with van der Waals surface area (Å²) in [4.78, 5) is 11.1. The zero-order valence-corrected chi connectivity index (χ0v) is 13.1. The molecule has 0 atom stereocenters. The van der Waals surface area contributed by atoms with Crippen molar-refractivity contribution in [2.24, 2.45) is 10.9 Å². The minimum absolute atomic E-state index is 0.436. The summed E-state index contributed by atoms with van der Waals surface area (Å²) < 4.78 is 0. The largest absolute Gasteiger partial charge is 0.351 e. The fraction of sp³-hybridized carbons (Fsp3) is 0.562. The molecule has 21 heavy (non-hydrogen) atoms. The van der Waals surface area contributed by atoms with Gasteiger partial charge in [-0.15, -0.1) is 0 Å². The van der Waals surface area contributed by atoms with E-state index >= 15 is 0 Å². The number of rotatable bonds is 2. The van der Waals surface area contributed by atoms with E-state index in [0.29, 0.717) is 0 Å². The molecular weight excluding hydrogens is 282 g/mol. The Morgan fingerprint density at radius 3 is 2.05 bits per heavy atom. The summed E-state index contributed by atoms with van der Waals surface area (Å²) in [5.41, 5.74) is 11.8. The maximum atomic E-state index is 11.1. The summed E-state index contributed by atoms with van der Waals surface area (Å²) in [6.07, 6.45) is 9.56. The van der Waals surface area contributed by atoms with E-state index in [9.17, 15) is 4.79 Å². The highest BCUT2D eigenvalue weighted by molar-refractivity contribution is 7.97. The smallest absolute Gasteiger partial charge is 0.316 e. The number of carbonyl (C=O) groups is 1. The molecule has 4 nitrogen and oxygen atoms in total. The second-order valence-electron chi connectivity index (χ2n) is 6.06. The zero-order valence-electron chi connectivity index (χ0n) is 12.3. The van der Waals surface area contributed by atoms with Crippen LogP contribution in [-0.2, 0) is 25.7 Å². The Balaban J connectivity index is 0.000000225. The Morgan fingerprint density at radius 2 is 1.67 bits per heavy atom. The van der Waals surface area contributed by atoms with Crippen molar-refractivity contribution in [3.05, 3.63) is 28.3 Å². The predicted molar refractivity (Wildman–Crippen MR) is 88.5 cm³/mol. The molecule has 3 aliphatic rings. The molecule has 5 heteroatoms. The zero-order chi connectivity index (χ0) is 14.8. The van der Waals surface area contributed by atoms with Gasteiger partial charge < -0.3 is 11.1 Å². The molecule has 5 N–H and O–H groups in total. The maximum absolute atomic E-state index is 11.1. The molecule has 0 aromatic heterocycles. The van der Waals surface area contributed by atoms with Gasteiger partial charge in [0.1, 0.15) is 0 Å². The van der Waals surface area contributed by atoms with Gasteiger partial charge in [-0.3, -0.25) is 5.14 Å². The number of nitrogens with one attached hydrogen (secondary N) is 1. The number of primary amides is 1. The Bertz CT molecular complexity index is 523. The van der Waals surface area contributed by atoms with E-state index in [0.717, 1.165) is 36.6 Å². The van der Waals surface area contributed by atoms with Gasteiger partial charge in [-0.2, -0.15) is 0 Å². The van der Waals surface area contributed by atoms with Crippen LogP contribution >= 0.6 is 11.9 Å². The van der Waals surface area contributed by atoms with E-state index in [1.807, 2.05) is 0 Å². The standard InChI is InChI=1S/C13H16N2O.C3H7NS/c14-13(16)15-12-10-5-1-3-8(10)7-9-4-2-6-11(9)12;4-5-3-1-2-3/h7H,1-6H2,(H3,14,15,16);3H,1-2,4H2. The third-order valence-corrected chi connectivity index (χ3v) is 5.29. The average molecular weight is 305 g/mol. The van der Waals surface area contributed by atoms with Crippen LogP contribution in [0.4, 0.5) is 10.5 Å². The molecule has 4 rings (SSSR count). The van der Waals surface area contributed by atoms with Gasteiger partial charge in [0.2, 0.25) is 0 Å². The second kappa shape index (κ2) is 6.28. The van der Waals surface area contributed by atoms with Crippen LogP contribution in [-0.4, -0.2) is 11.3 Å². The summed E-state index contributed by atoms with van der Waals surface area (Å²) in [5, 5.41) is 8.82. The topological polar surface area (TPSA) is 81.1 Å². The molecule has 0 unspecified atom stereocenters. The highest BCUT2D eigenvalue weighted by Gasteiger charge is 2.24. The Hall–Kier alpha value is -1.20. The lowest BCUT2D eigenvalue weighted by Crippen LogP contribution is -2.21. The number of fused-ring (bicyclic) bond motifs is 2. The van der Waals surface area contributed by atoms with Crippen LogP contribution in [0.25, 0.3) is 0 Å². The Morgan fingerprint density at radius 1 is 1.10 bits per heavy atom. The molecule has 1 aromatic rings. The van der Waals surface area contributed by atoms with Crippen LogP contribution in [0, 0.1) is 0 Å². The first-order chi connectivity index (χ1) is 10.2. The molecule has 1 fully saturated rings. The highest BCUT2D eigenvalue weighted by Crippen LogP contribution is 2.38. The third kappa shape index (κ3) is 3.35. The number of benzene rings is 1. The SMILES string of the molecule is NC(=O)Nc1c2c(cc3c1CCC3)CCC2.NSC1CC1. The molecule has 0 spiro atoms. The van der Waals surface area contributed by atoms with Crippen molar-refractivity contribution in [1.29, 1.82) is 0 Å². The third-order valence-electron chi connectivity index (χ3n) is 4.44. The van der Waals surface area contributed by atoms with E-state index in [1.54, 1.807) is 0 Å². The van der Waals surface area contributed by atoms with Crippen molar-refractivity contribution >= 4 is 23.7 Å². The number of aryl methyl sites for hydroxylation is 2. The van der Waals surface area contributed by atoms with Crippen LogP contribution in [0.5, 0.6) is 0 Å². The molecule has 3 aliphatic carbocycles. The molecule has 0 saturated heterocycles. The van der Waals surface area contributed by atoms with E-state index in [-0.39, 0.29) is 0 Å². The lowest BCUT2D eigenvalue weighted by Gasteiger charge is -2.14. The second-order valence-corrected chi connectivity index (χ2v) is 7.00. The van der Waals surface area contributed by atoms with E-state index in [1.165, 1.54) is 59.9 Å². The first-order valence-electron chi connectivity index (χ1n) is 7.77. The fourth-order valence-corrected chi connectivity index (χ4v) is 3.70. The van der Waals surface area contributed by atoms with Gasteiger partial charge in [0.15, 0.2) is 0 Å². The van der Waals surface area contributed by atoms with Crippen molar-refractivity contribution in [1.82, 2.24) is 0 Å². The first-order valence-corrected chi connectivity index (χ1v) is 8.72. The minimum atomic E-state index is -0.436. The van der Waals surface area contributed by atoms with Crippen LogP contribution < -0.4 is 16.2 Å². The van der Waals surface area contributed by atoms with Gasteiger partial charge in [-0.25, -0.2) is 4.79 Å². The van der Waals surface area contributed by atoms with Gasteiger partial charge in [0.25, 0.3) is 0 Å². The molecule has 1 saturated carbocycles. The summed E-state index contributed by atoms with van der Waals surface area (Å²) in [5.74, 6) is 0. The molecule has 2 amide bonds. The van der Waals surface area contributed by atoms with Crippen LogP contribution in [0.2, 0.25) is 0 Å². The number of urea groups is 1. The van der Waals surface area contributed by atoms with Crippen molar-refractivity contribution in [2.45, 2.75) is 56.6 Å². The highest BCUT2D eigenvalue weighted by atomic mass is 32.2. The summed E-state index contributed by atoms with van der Waals surface area (Å²) in [6, 6.07) is 1.91. The van der Waals surface area contributed by atoms with Crippen molar-refractivity contribution in [3.8, 4) is 0 Å². The number of hydrogen-bond acceptors (Lipinski definition) is 3. The van der Waals surface area contributed by atoms with Crippen LogP contribution in [0.1, 0.15) is 47.9 Å². The minimum Gasteiger partial charge on any atom is -0.351 e. The molecule has 0 heterocycles. The van der Waals surface area contributed by atoms with E-state index < -0.39 is 6.03 Å². The normalized spacial score (nSPS) is 18.5. The molecule has 0 radical (unpaired) electrons. The number of nitrogens with two attached hydrogens (primary N) is 2. The molecule has 0 bridgehead atoms. The maximum Gasteiger partial charge on any atom is 0.316 e. The van der Waals surface area contributed by atoms with E-state index in [2.05, 4.69) is 11.4 Å². The fourth-order valence-electron chi connectivity index (χ4n) is 3.29. The van der Waals surface area contributed by atoms with Gasteiger partial charge >= 0.3 is 6.03 Å². The van der Waals surface area contributed by atoms with E-state index in [4.69, 9.17) is 10.9 Å². The quantitative estimate of drug-likeness (QED) is 0.735. The molecule has 0 aliphatic heterocycles. The number of amides is 2. The predicted octanol–water partition coefficient (Wildman–Crippen LogP) is 2.91. The monoisotopic (exact) mass is 305 g/mol. The number of anilines is 1. The lowest BCUT2D eigenvalue weighted by molar-refractivity contribution is 0.259. The van der Waals surface area contributed by atoms with Gasteiger partial charge in [-0.1, -0.05) is 18.0 Å². The number of carbonyl (C=O) groups excluding carboxylic acids is 1. The Labute approximate surface area is 130 Å². The van der Waals surface area contributed by atoms with Gasteiger partial charge in [-0.05, 0) is 73.6 Å². The summed E-state index contributed by atoms with van der Waals surface area (Å²) >= 11 is 1.49. The summed E-state index contributed by atoms with van der Waals surface area (Å²) in [6.45, 7) is 0. The van der Waals surface area contributed by atoms with Crippen LogP contribution in [0.3, 0.4) is 0 Å². The van der Waals surface area contributed by atoms with Crippen molar-refractivity contribution in [3.63, 3.8) is 0 Å². The average Bonchev–Trinajstić information content (AvgIpc) is 2.99. The number of hydrogen-bond donors (Lipinski definition) is 3. The summed E-state index contributed by atoms with van der Waals surface area (Å²) in [7, 11) is 0. The molecular formula is C16H23N3OS. The molecule has 114 valence electrons. The first kappa shape index (κ1) is 14.7. The van der Waals surface area contributed by atoms with Crippen molar-refractivity contribution < 1.29 is 4.79 Å². The Kier molecular flexibility index (Phi) is 4.40.